The molecule has 1 N–H and O–H groups in total. The molecule has 0 saturated carbocycles. The molecule has 4 nitrogen and oxygen atoms in total. The molecule has 0 aliphatic carbocycles. The Morgan fingerprint density at radius 3 is 2.35 bits per heavy atom. The predicted octanol–water partition coefficient (Wildman–Crippen LogP) is 3.27. The van der Waals surface area contributed by atoms with Crippen LogP contribution in [0.25, 0.3) is 0 Å². The van der Waals surface area contributed by atoms with E-state index < -0.39 is 5.97 Å². The number of hydrogen-bond acceptors (Lipinski definition) is 3. The fraction of sp³-hybridized carbons (Fsp3) is 0.562. The van der Waals surface area contributed by atoms with E-state index in [9.17, 15) is 4.79 Å². The minimum Gasteiger partial charge on any atom is -0.493 e. The highest BCUT2D eigenvalue weighted by Gasteiger charge is 2.13. The summed E-state index contributed by atoms with van der Waals surface area (Å²) in [4.78, 5) is 13.4. The zero-order valence-corrected chi connectivity index (χ0v) is 12.8. The second kappa shape index (κ2) is 7.90. The SMILES string of the molecule is CC(C)N(CCCOc1ccccc1C(=O)O)C(C)C. The van der Waals surface area contributed by atoms with Gasteiger partial charge < -0.3 is 9.84 Å². The van der Waals surface area contributed by atoms with Crippen LogP contribution in [0, 0.1) is 0 Å². The number of para-hydroxylation sites is 1. The largest absolute Gasteiger partial charge is 0.493 e. The first-order valence-electron chi connectivity index (χ1n) is 7.14. The van der Waals surface area contributed by atoms with Crippen LogP contribution in [0.5, 0.6) is 5.75 Å². The number of rotatable bonds is 8. The van der Waals surface area contributed by atoms with Crippen molar-refractivity contribution < 1.29 is 14.6 Å². The van der Waals surface area contributed by atoms with Gasteiger partial charge in [-0.2, -0.15) is 0 Å². The van der Waals surface area contributed by atoms with E-state index in [-0.39, 0.29) is 5.56 Å². The number of ether oxygens (including phenoxy) is 1. The zero-order valence-electron chi connectivity index (χ0n) is 12.8. The van der Waals surface area contributed by atoms with Crippen molar-refractivity contribution in [3.8, 4) is 5.75 Å². The fourth-order valence-corrected chi connectivity index (χ4v) is 2.31. The van der Waals surface area contributed by atoms with Crippen molar-refractivity contribution in [3.63, 3.8) is 0 Å². The first kappa shape index (κ1) is 16.5. The van der Waals surface area contributed by atoms with Gasteiger partial charge in [-0.3, -0.25) is 4.90 Å². The van der Waals surface area contributed by atoms with Gasteiger partial charge in [-0.15, -0.1) is 0 Å². The Bertz CT molecular complexity index is 421. The van der Waals surface area contributed by atoms with Gasteiger partial charge >= 0.3 is 5.97 Å². The summed E-state index contributed by atoms with van der Waals surface area (Å²) in [6.45, 7) is 10.2. The van der Waals surface area contributed by atoms with Crippen molar-refractivity contribution in [2.75, 3.05) is 13.2 Å². The summed E-state index contributed by atoms with van der Waals surface area (Å²) in [5, 5.41) is 9.07. The van der Waals surface area contributed by atoms with Gasteiger partial charge in [0.05, 0.1) is 6.61 Å². The molecule has 1 aromatic rings. The second-order valence-electron chi connectivity index (χ2n) is 5.43. The van der Waals surface area contributed by atoms with Crippen molar-refractivity contribution in [2.45, 2.75) is 46.2 Å². The summed E-state index contributed by atoms with van der Waals surface area (Å²) in [5.41, 5.74) is 0.220. The average molecular weight is 279 g/mol. The van der Waals surface area contributed by atoms with Crippen molar-refractivity contribution in [1.82, 2.24) is 4.90 Å². The molecular weight excluding hydrogens is 254 g/mol. The average Bonchev–Trinajstić information content (AvgIpc) is 2.37. The molecular formula is C16H25NO3. The Hall–Kier alpha value is -1.55. The number of carbonyl (C=O) groups is 1. The molecule has 0 aliphatic rings. The van der Waals surface area contributed by atoms with Crippen LogP contribution in [0.15, 0.2) is 24.3 Å². The molecule has 0 atom stereocenters. The molecule has 0 spiro atoms. The number of nitrogens with zero attached hydrogens (tertiary/aromatic N) is 1. The summed E-state index contributed by atoms with van der Waals surface area (Å²) in [5.74, 6) is -0.507. The molecule has 4 heteroatoms. The summed E-state index contributed by atoms with van der Waals surface area (Å²) in [6, 6.07) is 7.76. The van der Waals surface area contributed by atoms with Crippen LogP contribution >= 0.6 is 0 Å². The lowest BCUT2D eigenvalue weighted by molar-refractivity contribution is 0.0692. The van der Waals surface area contributed by atoms with Gasteiger partial charge in [-0.1, -0.05) is 12.1 Å². The molecule has 0 amide bonds. The van der Waals surface area contributed by atoms with Crippen LogP contribution in [0.3, 0.4) is 0 Å². The maximum atomic E-state index is 11.1. The van der Waals surface area contributed by atoms with E-state index in [4.69, 9.17) is 9.84 Å². The van der Waals surface area contributed by atoms with Crippen LogP contribution in [0.1, 0.15) is 44.5 Å². The van der Waals surface area contributed by atoms with Gasteiger partial charge in [0.15, 0.2) is 0 Å². The van der Waals surface area contributed by atoms with Gasteiger partial charge in [0, 0.05) is 18.6 Å². The fourth-order valence-electron chi connectivity index (χ4n) is 2.31. The number of hydrogen-bond donors (Lipinski definition) is 1. The van der Waals surface area contributed by atoms with E-state index in [2.05, 4.69) is 32.6 Å². The maximum Gasteiger partial charge on any atom is 0.339 e. The van der Waals surface area contributed by atoms with Crippen LogP contribution in [-0.2, 0) is 0 Å². The van der Waals surface area contributed by atoms with Crippen molar-refractivity contribution in [1.29, 1.82) is 0 Å². The first-order valence-corrected chi connectivity index (χ1v) is 7.14. The van der Waals surface area contributed by atoms with E-state index in [0.29, 0.717) is 24.4 Å². The Kier molecular flexibility index (Phi) is 6.52. The van der Waals surface area contributed by atoms with E-state index in [1.54, 1.807) is 24.3 Å². The lowest BCUT2D eigenvalue weighted by atomic mass is 10.2. The predicted molar refractivity (Wildman–Crippen MR) is 80.5 cm³/mol. The standard InChI is InChI=1S/C16H25NO3/c1-12(2)17(13(3)4)10-7-11-20-15-9-6-5-8-14(15)16(18)19/h5-6,8-9,12-13H,7,10-11H2,1-4H3,(H,18,19). The molecule has 0 unspecified atom stereocenters. The molecule has 0 aliphatic heterocycles. The van der Waals surface area contributed by atoms with Crippen LogP contribution in [0.2, 0.25) is 0 Å². The van der Waals surface area contributed by atoms with E-state index in [0.717, 1.165) is 13.0 Å². The monoisotopic (exact) mass is 279 g/mol. The minimum absolute atomic E-state index is 0.220. The molecule has 1 aromatic carbocycles. The molecule has 0 saturated heterocycles. The van der Waals surface area contributed by atoms with Gasteiger partial charge in [-0.05, 0) is 46.2 Å². The van der Waals surface area contributed by atoms with Crippen LogP contribution in [0.4, 0.5) is 0 Å². The number of carboxylic acid groups (broad SMARTS) is 1. The molecule has 112 valence electrons. The van der Waals surface area contributed by atoms with E-state index >= 15 is 0 Å². The lowest BCUT2D eigenvalue weighted by Gasteiger charge is -2.30. The highest BCUT2D eigenvalue weighted by molar-refractivity contribution is 5.90. The van der Waals surface area contributed by atoms with Crippen molar-refractivity contribution in [2.24, 2.45) is 0 Å². The number of aromatic carboxylic acids is 1. The lowest BCUT2D eigenvalue weighted by Crippen LogP contribution is -2.38. The van der Waals surface area contributed by atoms with Crippen molar-refractivity contribution in [3.05, 3.63) is 29.8 Å². The Balaban J connectivity index is 2.47. The third-order valence-electron chi connectivity index (χ3n) is 3.26. The molecule has 1 rings (SSSR count). The zero-order chi connectivity index (χ0) is 15.1. The van der Waals surface area contributed by atoms with Gasteiger partial charge in [0.1, 0.15) is 11.3 Å². The molecule has 0 bridgehead atoms. The Morgan fingerprint density at radius 1 is 1.20 bits per heavy atom. The van der Waals surface area contributed by atoms with Crippen LogP contribution < -0.4 is 4.74 Å². The highest BCUT2D eigenvalue weighted by atomic mass is 16.5. The summed E-state index contributed by atoms with van der Waals surface area (Å²) in [6.07, 6.45) is 0.879. The maximum absolute atomic E-state index is 11.1. The number of benzene rings is 1. The Labute approximate surface area is 121 Å². The summed E-state index contributed by atoms with van der Waals surface area (Å²) in [7, 11) is 0. The first-order chi connectivity index (χ1) is 9.43. The summed E-state index contributed by atoms with van der Waals surface area (Å²) < 4.78 is 5.60. The highest BCUT2D eigenvalue weighted by Crippen LogP contribution is 2.18. The van der Waals surface area contributed by atoms with Gasteiger partial charge in [0.2, 0.25) is 0 Å². The second-order valence-corrected chi connectivity index (χ2v) is 5.43. The quantitative estimate of drug-likeness (QED) is 0.742. The third-order valence-corrected chi connectivity index (χ3v) is 3.26. The molecule has 0 fully saturated rings. The van der Waals surface area contributed by atoms with Gasteiger partial charge in [0.25, 0.3) is 0 Å². The Morgan fingerprint density at radius 2 is 1.80 bits per heavy atom. The van der Waals surface area contributed by atoms with Crippen molar-refractivity contribution >= 4 is 5.97 Å². The molecule has 20 heavy (non-hydrogen) atoms. The van der Waals surface area contributed by atoms with Gasteiger partial charge in [-0.25, -0.2) is 4.79 Å². The molecule has 0 radical (unpaired) electrons. The normalized spacial score (nSPS) is 11.3. The van der Waals surface area contributed by atoms with E-state index in [1.807, 2.05) is 0 Å². The number of carboxylic acids is 1. The van der Waals surface area contributed by atoms with Crippen LogP contribution in [-0.4, -0.2) is 41.2 Å². The minimum atomic E-state index is -0.952. The topological polar surface area (TPSA) is 49.8 Å². The molecule has 0 heterocycles. The smallest absolute Gasteiger partial charge is 0.339 e. The molecule has 0 aromatic heterocycles. The summed E-state index contributed by atoms with van der Waals surface area (Å²) >= 11 is 0. The third kappa shape index (κ3) is 4.85. The van der Waals surface area contributed by atoms with E-state index in [1.165, 1.54) is 0 Å².